The Balaban J connectivity index is 2.41. The van der Waals surface area contributed by atoms with E-state index in [9.17, 15) is 14.7 Å². The Morgan fingerprint density at radius 1 is 1.00 bits per heavy atom. The lowest BCUT2D eigenvalue weighted by molar-refractivity contribution is 0.189. The zero-order valence-corrected chi connectivity index (χ0v) is 16.7. The monoisotopic (exact) mass is 401 g/mol. The highest BCUT2D eigenvalue weighted by Gasteiger charge is 2.29. The van der Waals surface area contributed by atoms with Crippen LogP contribution in [0.3, 0.4) is 0 Å². The normalized spacial score (nSPS) is 14.7. The molecule has 0 heterocycles. The average molecular weight is 401 g/mol. The highest BCUT2D eigenvalue weighted by molar-refractivity contribution is 5.83. The van der Waals surface area contributed by atoms with Gasteiger partial charge in [-0.05, 0) is 47.7 Å². The molecular formula is C21H23NO7. The predicted molar refractivity (Wildman–Crippen MR) is 107 cm³/mol. The van der Waals surface area contributed by atoms with Gasteiger partial charge in [-0.1, -0.05) is 6.07 Å². The molecule has 2 aromatic carbocycles. The van der Waals surface area contributed by atoms with E-state index in [0.717, 1.165) is 11.1 Å². The molecule has 8 nitrogen and oxygen atoms in total. The molecule has 1 aliphatic carbocycles. The van der Waals surface area contributed by atoms with Crippen molar-refractivity contribution in [2.24, 2.45) is 0 Å². The first kappa shape index (κ1) is 20.3. The highest BCUT2D eigenvalue weighted by atomic mass is 16.5. The summed E-state index contributed by atoms with van der Waals surface area (Å²) in [5.41, 5.74) is 2.49. The summed E-state index contributed by atoms with van der Waals surface area (Å²) in [5.74, 6) is 1.55. The van der Waals surface area contributed by atoms with Crippen molar-refractivity contribution < 1.29 is 28.8 Å². The van der Waals surface area contributed by atoms with Crippen molar-refractivity contribution >= 4 is 6.09 Å². The van der Waals surface area contributed by atoms with E-state index in [4.69, 9.17) is 18.9 Å². The van der Waals surface area contributed by atoms with Crippen LogP contribution in [0, 0.1) is 0 Å². The molecule has 2 aromatic rings. The zero-order valence-electron chi connectivity index (χ0n) is 16.7. The summed E-state index contributed by atoms with van der Waals surface area (Å²) < 4.78 is 21.8. The predicted octanol–water partition coefficient (Wildman–Crippen LogP) is 3.00. The van der Waals surface area contributed by atoms with E-state index in [0.29, 0.717) is 41.2 Å². The lowest BCUT2D eigenvalue weighted by Crippen LogP contribution is -2.27. The number of aryl methyl sites for hydroxylation is 1. The van der Waals surface area contributed by atoms with Crippen LogP contribution in [-0.4, -0.2) is 39.6 Å². The number of rotatable bonds is 5. The van der Waals surface area contributed by atoms with Gasteiger partial charge < -0.3 is 29.4 Å². The second kappa shape index (κ2) is 8.30. The summed E-state index contributed by atoms with van der Waals surface area (Å²) >= 11 is 0. The third-order valence-electron chi connectivity index (χ3n) is 5.02. The minimum Gasteiger partial charge on any atom is -0.493 e. The van der Waals surface area contributed by atoms with Crippen molar-refractivity contribution in [3.8, 4) is 34.1 Å². The second-order valence-corrected chi connectivity index (χ2v) is 6.50. The Morgan fingerprint density at radius 2 is 1.69 bits per heavy atom. The molecule has 2 N–H and O–H groups in total. The molecule has 0 spiro atoms. The molecule has 0 fully saturated rings. The van der Waals surface area contributed by atoms with E-state index in [1.165, 1.54) is 34.5 Å². The topological polar surface area (TPSA) is 103 Å². The van der Waals surface area contributed by atoms with Gasteiger partial charge in [-0.2, -0.15) is 0 Å². The van der Waals surface area contributed by atoms with Crippen molar-refractivity contribution in [2.75, 3.05) is 28.4 Å². The number of nitrogens with one attached hydrogen (secondary N) is 1. The molecule has 29 heavy (non-hydrogen) atoms. The lowest BCUT2D eigenvalue weighted by atomic mass is 9.95. The molecule has 8 heteroatoms. The molecular weight excluding hydrogens is 378 g/mol. The Labute approximate surface area is 168 Å². The van der Waals surface area contributed by atoms with E-state index in [-0.39, 0.29) is 11.2 Å². The Bertz CT molecular complexity index is 1000. The van der Waals surface area contributed by atoms with Crippen LogP contribution in [0.4, 0.5) is 4.79 Å². The smallest absolute Gasteiger partial charge is 0.405 e. The third-order valence-corrected chi connectivity index (χ3v) is 5.02. The van der Waals surface area contributed by atoms with Crippen LogP contribution in [-0.2, 0) is 6.42 Å². The molecule has 0 aliphatic heterocycles. The molecule has 0 saturated carbocycles. The maximum atomic E-state index is 12.6. The van der Waals surface area contributed by atoms with Crippen molar-refractivity contribution in [1.82, 2.24) is 5.32 Å². The average Bonchev–Trinajstić information content (AvgIpc) is 2.95. The van der Waals surface area contributed by atoms with E-state index in [1.807, 2.05) is 6.07 Å². The number of hydrogen-bond donors (Lipinski definition) is 2. The number of carbonyl (C=O) groups is 1. The number of fused-ring (bicyclic) bond motifs is 3. The molecule has 1 aliphatic rings. The van der Waals surface area contributed by atoms with E-state index in [1.54, 1.807) is 12.1 Å². The Hall–Kier alpha value is -3.42. The van der Waals surface area contributed by atoms with E-state index >= 15 is 0 Å². The van der Waals surface area contributed by atoms with Crippen LogP contribution in [0.15, 0.2) is 29.1 Å². The van der Waals surface area contributed by atoms with Crippen molar-refractivity contribution in [1.29, 1.82) is 0 Å². The molecule has 0 bridgehead atoms. The first-order valence-electron chi connectivity index (χ1n) is 8.99. The number of carboxylic acid groups (broad SMARTS) is 1. The first-order chi connectivity index (χ1) is 13.9. The van der Waals surface area contributed by atoms with Gasteiger partial charge in [0.1, 0.15) is 0 Å². The van der Waals surface area contributed by atoms with Crippen LogP contribution in [0.5, 0.6) is 23.0 Å². The fourth-order valence-corrected chi connectivity index (χ4v) is 3.77. The number of amides is 1. The molecule has 1 unspecified atom stereocenters. The van der Waals surface area contributed by atoms with Gasteiger partial charge in [-0.3, -0.25) is 4.79 Å². The number of methoxy groups -OCH3 is 4. The van der Waals surface area contributed by atoms with Crippen LogP contribution in [0.25, 0.3) is 11.1 Å². The minimum absolute atomic E-state index is 0.160. The molecule has 154 valence electrons. The van der Waals surface area contributed by atoms with Gasteiger partial charge in [-0.15, -0.1) is 0 Å². The van der Waals surface area contributed by atoms with Gasteiger partial charge in [0, 0.05) is 5.56 Å². The molecule has 1 atom stereocenters. The largest absolute Gasteiger partial charge is 0.493 e. The number of hydrogen-bond acceptors (Lipinski definition) is 6. The molecule has 0 radical (unpaired) electrons. The third kappa shape index (κ3) is 3.65. The van der Waals surface area contributed by atoms with Crippen molar-refractivity contribution in [2.45, 2.75) is 18.9 Å². The Morgan fingerprint density at radius 3 is 2.28 bits per heavy atom. The van der Waals surface area contributed by atoms with Gasteiger partial charge in [0.2, 0.25) is 11.2 Å². The van der Waals surface area contributed by atoms with Crippen LogP contribution < -0.4 is 29.7 Å². The van der Waals surface area contributed by atoms with Crippen LogP contribution in [0.1, 0.15) is 23.6 Å². The van der Waals surface area contributed by atoms with Crippen molar-refractivity contribution in [3.05, 3.63) is 45.6 Å². The van der Waals surface area contributed by atoms with Gasteiger partial charge in [0.05, 0.1) is 34.5 Å². The minimum atomic E-state index is -1.17. The highest BCUT2D eigenvalue weighted by Crippen LogP contribution is 2.50. The standard InChI is InChI=1S/C21H23NO7/c1-26-16-8-6-12-13(10-15(16)23)14(22-21(24)25)7-5-11-9-17(27-2)19(28-3)20(29-4)18(11)12/h6,8-10,14,22H,5,7H2,1-4H3,(H,24,25). The molecule has 3 rings (SSSR count). The molecule has 0 saturated heterocycles. The van der Waals surface area contributed by atoms with E-state index < -0.39 is 12.1 Å². The first-order valence-corrected chi connectivity index (χ1v) is 8.99. The van der Waals surface area contributed by atoms with Gasteiger partial charge in [-0.25, -0.2) is 4.79 Å². The maximum absolute atomic E-state index is 12.6. The van der Waals surface area contributed by atoms with Crippen LogP contribution >= 0.6 is 0 Å². The molecule has 1 amide bonds. The molecule has 0 aromatic heterocycles. The van der Waals surface area contributed by atoms with Gasteiger partial charge >= 0.3 is 6.09 Å². The van der Waals surface area contributed by atoms with Crippen molar-refractivity contribution in [3.63, 3.8) is 0 Å². The zero-order chi connectivity index (χ0) is 21.1. The second-order valence-electron chi connectivity index (χ2n) is 6.50. The fraction of sp³-hybridized carbons (Fsp3) is 0.333. The summed E-state index contributed by atoms with van der Waals surface area (Å²) in [6.45, 7) is 0. The number of benzene rings is 1. The van der Waals surface area contributed by atoms with E-state index in [2.05, 4.69) is 5.32 Å². The Kier molecular flexibility index (Phi) is 5.81. The SMILES string of the molecule is COc1cc2c(c(OC)c1OC)-c1ccc(OC)c(=O)cc1C(NC(=O)O)CC2. The van der Waals surface area contributed by atoms with Gasteiger partial charge in [0.15, 0.2) is 17.2 Å². The maximum Gasteiger partial charge on any atom is 0.405 e. The summed E-state index contributed by atoms with van der Waals surface area (Å²) in [7, 11) is 6.00. The van der Waals surface area contributed by atoms with Crippen LogP contribution in [0.2, 0.25) is 0 Å². The summed E-state index contributed by atoms with van der Waals surface area (Å²) in [5, 5.41) is 11.8. The summed E-state index contributed by atoms with van der Waals surface area (Å²) in [6, 6.07) is 6.00. The van der Waals surface area contributed by atoms with Gasteiger partial charge in [0.25, 0.3) is 0 Å². The quantitative estimate of drug-likeness (QED) is 0.794. The summed E-state index contributed by atoms with van der Waals surface area (Å²) in [4.78, 5) is 24.0. The lowest BCUT2D eigenvalue weighted by Gasteiger charge is -2.19. The fourth-order valence-electron chi connectivity index (χ4n) is 3.77. The number of ether oxygens (including phenoxy) is 4. The summed E-state index contributed by atoms with van der Waals surface area (Å²) in [6.07, 6.45) is -0.169.